The summed E-state index contributed by atoms with van der Waals surface area (Å²) in [5.41, 5.74) is 0.935. The summed E-state index contributed by atoms with van der Waals surface area (Å²) in [6.45, 7) is 1.83. The Morgan fingerprint density at radius 2 is 1.36 bits per heavy atom. The summed E-state index contributed by atoms with van der Waals surface area (Å²) in [6.07, 6.45) is 0. The van der Waals surface area contributed by atoms with Gasteiger partial charge in [0, 0.05) is 13.7 Å². The molecule has 1 rings (SSSR count). The number of nitroso groups, excluding NO2 is 3. The van der Waals surface area contributed by atoms with E-state index in [1.807, 2.05) is 6.92 Å². The molecule has 0 aliphatic rings. The molecule has 0 saturated carbocycles. The average molecular weight is 213 g/mol. The Hall–Kier alpha value is -1.63. The number of nitrogens with zero attached hydrogens (tertiary/aromatic N) is 3. The lowest BCUT2D eigenvalue weighted by atomic mass is 10.2. The third-order valence-electron chi connectivity index (χ3n) is 1.65. The third-order valence-corrected chi connectivity index (χ3v) is 3.18. The maximum absolute atomic E-state index is 10.4. The highest BCUT2D eigenvalue weighted by atomic mass is 32.3. The van der Waals surface area contributed by atoms with Crippen LogP contribution >= 0.6 is 10.6 Å². The molecule has 0 bridgehead atoms. The van der Waals surface area contributed by atoms with Gasteiger partial charge in [0.25, 0.3) is 0 Å². The maximum Gasteiger partial charge on any atom is 0.197 e. The van der Waals surface area contributed by atoms with E-state index in [4.69, 9.17) is 0 Å². The van der Waals surface area contributed by atoms with Gasteiger partial charge in [-0.05, 0) is 19.1 Å². The summed E-state index contributed by atoms with van der Waals surface area (Å²) in [5, 5.41) is 0. The summed E-state index contributed by atoms with van der Waals surface area (Å²) in [5.74, 6) is 0. The van der Waals surface area contributed by atoms with E-state index < -0.39 is 10.6 Å². The van der Waals surface area contributed by atoms with Gasteiger partial charge in [-0.2, -0.15) is 0 Å². The van der Waals surface area contributed by atoms with Crippen LogP contribution in [0.4, 0.5) is 0 Å². The first kappa shape index (κ1) is 10.5. The molecule has 74 valence electrons. The van der Waals surface area contributed by atoms with E-state index in [1.54, 1.807) is 12.1 Å². The molecule has 0 aliphatic heterocycles. The highest BCUT2D eigenvalue weighted by Gasteiger charge is 2.30. The number of aryl methyl sites for hydroxylation is 1. The highest BCUT2D eigenvalue weighted by Crippen LogP contribution is 2.59. The predicted molar refractivity (Wildman–Crippen MR) is 54.4 cm³/mol. The fraction of sp³-hybridized carbons (Fsp3) is 0.143. The van der Waals surface area contributed by atoms with Crippen LogP contribution in [0.2, 0.25) is 0 Å². The first-order valence-corrected chi connectivity index (χ1v) is 5.12. The van der Waals surface area contributed by atoms with Gasteiger partial charge in [0.1, 0.15) is 0 Å². The van der Waals surface area contributed by atoms with Gasteiger partial charge in [0.15, 0.2) is 10.6 Å². The molecule has 0 radical (unpaired) electrons. The predicted octanol–water partition coefficient (Wildman–Crippen LogP) is 3.20. The van der Waals surface area contributed by atoms with E-state index in [0.29, 0.717) is 0 Å². The minimum Gasteiger partial charge on any atom is -0.135 e. The Morgan fingerprint density at radius 3 is 1.71 bits per heavy atom. The minimum absolute atomic E-state index is 0.156. The minimum atomic E-state index is -3.30. The summed E-state index contributed by atoms with van der Waals surface area (Å²) in [4.78, 5) is 31.3. The molecule has 0 fully saturated rings. The zero-order chi connectivity index (χ0) is 10.6. The van der Waals surface area contributed by atoms with Crippen LogP contribution in [0.25, 0.3) is 0 Å². The van der Waals surface area contributed by atoms with Gasteiger partial charge in [-0.1, -0.05) is 17.7 Å². The number of hydrogen-bond acceptors (Lipinski definition) is 6. The summed E-state index contributed by atoms with van der Waals surface area (Å²) in [6, 6.07) is 6.21. The molecule has 0 aliphatic carbocycles. The topological polar surface area (TPSA) is 88.3 Å². The Bertz CT molecular complexity index is 343. The Kier molecular flexibility index (Phi) is 3.03. The first-order valence-electron chi connectivity index (χ1n) is 3.62. The number of benzene rings is 1. The molecule has 14 heavy (non-hydrogen) atoms. The van der Waals surface area contributed by atoms with Crippen LogP contribution in [0, 0.1) is 21.6 Å². The van der Waals surface area contributed by atoms with Crippen molar-refractivity contribution in [3.05, 3.63) is 44.6 Å². The van der Waals surface area contributed by atoms with Crippen LogP contribution < -0.4 is 0 Å². The summed E-state index contributed by atoms with van der Waals surface area (Å²) in [7, 11) is -3.30. The van der Waals surface area contributed by atoms with Crippen molar-refractivity contribution in [2.24, 2.45) is 13.7 Å². The molecule has 0 spiro atoms. The van der Waals surface area contributed by atoms with E-state index in [0.717, 1.165) is 5.56 Å². The van der Waals surface area contributed by atoms with Gasteiger partial charge in [0.2, 0.25) is 0 Å². The second-order valence-electron chi connectivity index (χ2n) is 2.56. The van der Waals surface area contributed by atoms with Crippen molar-refractivity contribution < 1.29 is 0 Å². The molecule has 0 atom stereocenters. The molecule has 0 unspecified atom stereocenters. The quantitative estimate of drug-likeness (QED) is 0.719. The van der Waals surface area contributed by atoms with Gasteiger partial charge in [0.05, 0.1) is 4.90 Å². The largest absolute Gasteiger partial charge is 0.197 e. The van der Waals surface area contributed by atoms with Gasteiger partial charge < -0.3 is 0 Å². The van der Waals surface area contributed by atoms with Gasteiger partial charge in [-0.25, -0.2) is 0 Å². The van der Waals surface area contributed by atoms with Crippen molar-refractivity contribution in [1.82, 2.24) is 0 Å². The molecule has 0 saturated heterocycles. The molecular weight excluding hydrogens is 206 g/mol. The fourth-order valence-electron chi connectivity index (χ4n) is 0.891. The van der Waals surface area contributed by atoms with Crippen LogP contribution in [0.1, 0.15) is 5.56 Å². The van der Waals surface area contributed by atoms with E-state index in [1.165, 1.54) is 12.1 Å². The lowest BCUT2D eigenvalue weighted by Crippen LogP contribution is -1.88. The summed E-state index contributed by atoms with van der Waals surface area (Å²) >= 11 is 0. The SMILES string of the molecule is Cc1ccc(S(N=O)(N=O)N=O)cc1. The van der Waals surface area contributed by atoms with Crippen LogP contribution in [0.5, 0.6) is 0 Å². The Balaban J connectivity index is 3.24. The number of rotatable bonds is 4. The van der Waals surface area contributed by atoms with E-state index in [9.17, 15) is 14.7 Å². The van der Waals surface area contributed by atoms with Gasteiger partial charge in [-0.3, -0.25) is 0 Å². The fourth-order valence-corrected chi connectivity index (χ4v) is 1.73. The lowest BCUT2D eigenvalue weighted by molar-refractivity contribution is 1.33. The maximum atomic E-state index is 10.4. The second-order valence-corrected chi connectivity index (χ2v) is 4.51. The Labute approximate surface area is 81.3 Å². The molecule has 0 aromatic heterocycles. The lowest BCUT2D eigenvalue weighted by Gasteiger charge is -2.13. The summed E-state index contributed by atoms with van der Waals surface area (Å²) < 4.78 is 7.29. The monoisotopic (exact) mass is 213 g/mol. The van der Waals surface area contributed by atoms with Crippen molar-refractivity contribution in [2.75, 3.05) is 0 Å². The molecular formula is C7H7N3O3S. The van der Waals surface area contributed by atoms with E-state index >= 15 is 0 Å². The average Bonchev–Trinajstić information content (AvgIpc) is 2.24. The van der Waals surface area contributed by atoms with Gasteiger partial charge >= 0.3 is 0 Å². The van der Waals surface area contributed by atoms with E-state index in [-0.39, 0.29) is 4.90 Å². The van der Waals surface area contributed by atoms with Crippen LogP contribution in [-0.2, 0) is 0 Å². The van der Waals surface area contributed by atoms with E-state index in [2.05, 4.69) is 13.7 Å². The Morgan fingerprint density at radius 1 is 0.929 bits per heavy atom. The zero-order valence-electron chi connectivity index (χ0n) is 7.28. The molecule has 0 N–H and O–H groups in total. The van der Waals surface area contributed by atoms with Crippen molar-refractivity contribution >= 4 is 10.6 Å². The third kappa shape index (κ3) is 1.67. The van der Waals surface area contributed by atoms with Crippen molar-refractivity contribution in [1.29, 1.82) is 0 Å². The highest BCUT2D eigenvalue weighted by molar-refractivity contribution is 8.30. The van der Waals surface area contributed by atoms with Crippen molar-refractivity contribution in [2.45, 2.75) is 11.8 Å². The standard InChI is InChI=1S/C7H7N3O3S/c1-6-2-4-7(5-3-6)14(8-11,9-12)10-13/h2-5H,1H3. The van der Waals surface area contributed by atoms with Gasteiger partial charge in [-0.15, -0.1) is 14.7 Å². The molecule has 6 nitrogen and oxygen atoms in total. The zero-order valence-corrected chi connectivity index (χ0v) is 8.10. The normalized spacial score (nSPS) is 11.8. The smallest absolute Gasteiger partial charge is 0.135 e. The van der Waals surface area contributed by atoms with Crippen molar-refractivity contribution in [3.8, 4) is 0 Å². The molecule has 0 heterocycles. The number of hydrogen-bond donors (Lipinski definition) is 0. The van der Waals surface area contributed by atoms with Crippen molar-refractivity contribution in [3.63, 3.8) is 0 Å². The van der Waals surface area contributed by atoms with Crippen LogP contribution in [0.15, 0.2) is 42.9 Å². The molecule has 1 aromatic carbocycles. The molecule has 0 amide bonds. The van der Waals surface area contributed by atoms with Crippen LogP contribution in [-0.4, -0.2) is 0 Å². The molecule has 7 heteroatoms. The second kappa shape index (κ2) is 4.05. The molecule has 1 aromatic rings. The van der Waals surface area contributed by atoms with Crippen LogP contribution in [0.3, 0.4) is 0 Å². The first-order chi connectivity index (χ1) is 6.68.